The number of rotatable bonds is 6. The molecule has 1 atom stereocenters. The van der Waals surface area contributed by atoms with E-state index in [1.165, 1.54) is 22.2 Å². The summed E-state index contributed by atoms with van der Waals surface area (Å²) in [5.74, 6) is 1.04. The molecule has 2 aromatic heterocycles. The number of benzene rings is 1. The van der Waals surface area contributed by atoms with Crippen molar-refractivity contribution in [1.82, 2.24) is 14.9 Å². The predicted molar refractivity (Wildman–Crippen MR) is 109 cm³/mol. The van der Waals surface area contributed by atoms with E-state index in [2.05, 4.69) is 10.3 Å². The highest BCUT2D eigenvalue weighted by atomic mass is 32.1. The normalized spacial score (nSPS) is 12.0. The van der Waals surface area contributed by atoms with Gasteiger partial charge >= 0.3 is 0 Å². The number of aryl methyl sites for hydroxylation is 2. The SMILES string of the molecule is COc1ccc(OC)c([C@H](C)NC(=O)Cn2cnc3sc(C)c(C)c3c2=O)c1. The van der Waals surface area contributed by atoms with Crippen molar-refractivity contribution in [1.29, 1.82) is 0 Å². The van der Waals surface area contributed by atoms with E-state index < -0.39 is 0 Å². The molecule has 1 N–H and O–H groups in total. The Morgan fingerprint density at radius 2 is 2.04 bits per heavy atom. The number of fused-ring (bicyclic) bond motifs is 1. The molecular formula is C20H23N3O4S. The summed E-state index contributed by atoms with van der Waals surface area (Å²) < 4.78 is 12.0. The number of hydrogen-bond donors (Lipinski definition) is 1. The fourth-order valence-electron chi connectivity index (χ4n) is 3.08. The first-order valence-corrected chi connectivity index (χ1v) is 9.63. The first-order chi connectivity index (χ1) is 13.3. The first-order valence-electron chi connectivity index (χ1n) is 8.82. The van der Waals surface area contributed by atoms with E-state index in [9.17, 15) is 9.59 Å². The molecule has 1 aromatic carbocycles. The summed E-state index contributed by atoms with van der Waals surface area (Å²) in [6.45, 7) is 5.61. The number of aromatic nitrogens is 2. The minimum absolute atomic E-state index is 0.104. The summed E-state index contributed by atoms with van der Waals surface area (Å²) in [5.41, 5.74) is 1.51. The highest BCUT2D eigenvalue weighted by molar-refractivity contribution is 7.18. The minimum Gasteiger partial charge on any atom is -0.497 e. The highest BCUT2D eigenvalue weighted by Crippen LogP contribution is 2.29. The maximum absolute atomic E-state index is 12.8. The molecule has 1 amide bonds. The largest absolute Gasteiger partial charge is 0.497 e. The zero-order valence-electron chi connectivity index (χ0n) is 16.5. The van der Waals surface area contributed by atoms with Gasteiger partial charge in [0.25, 0.3) is 5.56 Å². The van der Waals surface area contributed by atoms with Crippen LogP contribution in [0.2, 0.25) is 0 Å². The molecule has 0 saturated heterocycles. The highest BCUT2D eigenvalue weighted by Gasteiger charge is 2.17. The second kappa shape index (κ2) is 8.02. The average molecular weight is 401 g/mol. The number of hydrogen-bond acceptors (Lipinski definition) is 6. The van der Waals surface area contributed by atoms with Gasteiger partial charge in [0.15, 0.2) is 0 Å². The summed E-state index contributed by atoms with van der Waals surface area (Å²) in [7, 11) is 3.16. The smallest absolute Gasteiger partial charge is 0.262 e. The molecule has 8 heteroatoms. The molecule has 148 valence electrons. The molecule has 0 fully saturated rings. The summed E-state index contributed by atoms with van der Waals surface area (Å²) in [5, 5.41) is 3.49. The third-order valence-electron chi connectivity index (χ3n) is 4.75. The molecule has 0 bridgehead atoms. The lowest BCUT2D eigenvalue weighted by molar-refractivity contribution is -0.122. The predicted octanol–water partition coefficient (Wildman–Crippen LogP) is 2.97. The maximum atomic E-state index is 12.8. The van der Waals surface area contributed by atoms with Gasteiger partial charge in [0.2, 0.25) is 5.91 Å². The Hall–Kier alpha value is -2.87. The molecule has 0 radical (unpaired) electrons. The quantitative estimate of drug-likeness (QED) is 0.687. The number of thiophene rings is 1. The van der Waals surface area contributed by atoms with Crippen LogP contribution >= 0.6 is 11.3 Å². The number of nitrogens with one attached hydrogen (secondary N) is 1. The van der Waals surface area contributed by atoms with Crippen LogP contribution in [0, 0.1) is 13.8 Å². The van der Waals surface area contributed by atoms with E-state index in [0.29, 0.717) is 21.7 Å². The van der Waals surface area contributed by atoms with E-state index in [-0.39, 0.29) is 24.1 Å². The Labute approximate surface area is 166 Å². The van der Waals surface area contributed by atoms with Gasteiger partial charge in [0, 0.05) is 10.4 Å². The van der Waals surface area contributed by atoms with E-state index in [4.69, 9.17) is 9.47 Å². The van der Waals surface area contributed by atoms with Crippen LogP contribution < -0.4 is 20.3 Å². The Balaban J connectivity index is 1.81. The molecule has 0 spiro atoms. The van der Waals surface area contributed by atoms with Crippen LogP contribution in [0.4, 0.5) is 0 Å². The number of ether oxygens (including phenoxy) is 2. The van der Waals surface area contributed by atoms with Gasteiger partial charge in [-0.3, -0.25) is 14.2 Å². The first kappa shape index (κ1) is 19.9. The van der Waals surface area contributed by atoms with Crippen LogP contribution in [0.15, 0.2) is 29.3 Å². The van der Waals surface area contributed by atoms with Crippen LogP contribution in [0.25, 0.3) is 10.2 Å². The van der Waals surface area contributed by atoms with Crippen molar-refractivity contribution in [2.24, 2.45) is 0 Å². The van der Waals surface area contributed by atoms with Gasteiger partial charge in [-0.15, -0.1) is 11.3 Å². The molecule has 0 aliphatic heterocycles. The van der Waals surface area contributed by atoms with Crippen molar-refractivity contribution in [3.05, 3.63) is 50.9 Å². The zero-order valence-corrected chi connectivity index (χ0v) is 17.3. The third kappa shape index (κ3) is 3.73. The molecule has 7 nitrogen and oxygen atoms in total. The van der Waals surface area contributed by atoms with E-state index in [1.54, 1.807) is 26.4 Å². The summed E-state index contributed by atoms with van der Waals surface area (Å²) in [4.78, 5) is 31.4. The summed E-state index contributed by atoms with van der Waals surface area (Å²) in [6, 6.07) is 5.08. The number of carbonyl (C=O) groups excluding carboxylic acids is 1. The maximum Gasteiger partial charge on any atom is 0.262 e. The number of nitrogens with zero attached hydrogens (tertiary/aromatic N) is 2. The van der Waals surface area contributed by atoms with Gasteiger partial charge < -0.3 is 14.8 Å². The number of methoxy groups -OCH3 is 2. The molecule has 28 heavy (non-hydrogen) atoms. The molecule has 3 aromatic rings. The van der Waals surface area contributed by atoms with Crippen LogP contribution in [0.5, 0.6) is 11.5 Å². The van der Waals surface area contributed by atoms with Crippen molar-refractivity contribution in [2.45, 2.75) is 33.4 Å². The Bertz CT molecular complexity index is 1090. The van der Waals surface area contributed by atoms with Crippen molar-refractivity contribution < 1.29 is 14.3 Å². The zero-order chi connectivity index (χ0) is 20.4. The van der Waals surface area contributed by atoms with Gasteiger partial charge in [0.05, 0.1) is 32.0 Å². The van der Waals surface area contributed by atoms with Crippen molar-refractivity contribution >= 4 is 27.5 Å². The third-order valence-corrected chi connectivity index (χ3v) is 5.87. The van der Waals surface area contributed by atoms with Gasteiger partial charge in [0.1, 0.15) is 22.9 Å². The van der Waals surface area contributed by atoms with Crippen molar-refractivity contribution in [3.63, 3.8) is 0 Å². The number of amides is 1. The van der Waals surface area contributed by atoms with Crippen molar-refractivity contribution in [3.8, 4) is 11.5 Å². The van der Waals surface area contributed by atoms with Gasteiger partial charge in [-0.1, -0.05) is 0 Å². The van der Waals surface area contributed by atoms with Crippen molar-refractivity contribution in [2.75, 3.05) is 14.2 Å². The molecule has 2 heterocycles. The lowest BCUT2D eigenvalue weighted by Gasteiger charge is -2.18. The molecular weight excluding hydrogens is 378 g/mol. The standard InChI is InChI=1S/C20H23N3O4S/c1-11-13(3)28-19-18(11)20(25)23(10-21-19)9-17(24)22-12(2)15-8-14(26-4)6-7-16(15)27-5/h6-8,10,12H,9H2,1-5H3,(H,22,24)/t12-/m0/s1. The van der Waals surface area contributed by atoms with E-state index in [1.807, 2.05) is 26.8 Å². The Kier molecular flexibility index (Phi) is 5.69. The minimum atomic E-state index is -0.324. The van der Waals surface area contributed by atoms with E-state index >= 15 is 0 Å². The summed E-state index contributed by atoms with van der Waals surface area (Å²) in [6.07, 6.45) is 1.43. The van der Waals surface area contributed by atoms with Gasteiger partial charge in [-0.25, -0.2) is 4.98 Å². The van der Waals surface area contributed by atoms with Gasteiger partial charge in [-0.2, -0.15) is 0 Å². The molecule has 0 saturated carbocycles. The van der Waals surface area contributed by atoms with Crippen LogP contribution in [0.1, 0.15) is 29.0 Å². The average Bonchev–Trinajstić information content (AvgIpc) is 2.98. The number of carbonyl (C=O) groups is 1. The topological polar surface area (TPSA) is 82.4 Å². The Morgan fingerprint density at radius 1 is 1.29 bits per heavy atom. The second-order valence-electron chi connectivity index (χ2n) is 6.54. The fraction of sp³-hybridized carbons (Fsp3) is 0.350. The Morgan fingerprint density at radius 3 is 2.71 bits per heavy atom. The lowest BCUT2D eigenvalue weighted by atomic mass is 10.1. The monoisotopic (exact) mass is 401 g/mol. The molecule has 0 aliphatic carbocycles. The lowest BCUT2D eigenvalue weighted by Crippen LogP contribution is -2.34. The van der Waals surface area contributed by atoms with Crippen LogP contribution in [0.3, 0.4) is 0 Å². The molecule has 0 unspecified atom stereocenters. The van der Waals surface area contributed by atoms with Crippen LogP contribution in [-0.4, -0.2) is 29.7 Å². The fourth-order valence-corrected chi connectivity index (χ4v) is 4.07. The van der Waals surface area contributed by atoms with E-state index in [0.717, 1.165) is 16.0 Å². The van der Waals surface area contributed by atoms with Gasteiger partial charge in [-0.05, 0) is 44.5 Å². The summed E-state index contributed by atoms with van der Waals surface area (Å²) >= 11 is 1.49. The van der Waals surface area contributed by atoms with Crippen LogP contribution in [-0.2, 0) is 11.3 Å². The second-order valence-corrected chi connectivity index (χ2v) is 7.74. The molecule has 3 rings (SSSR count). The molecule has 0 aliphatic rings.